The molecule has 0 amide bonds. The fraction of sp³-hybridized carbons (Fsp3) is 0.176. The molecular formula is C17H16N4OS2. The van der Waals surface area contributed by atoms with E-state index in [9.17, 15) is 0 Å². The third-order valence-corrected chi connectivity index (χ3v) is 5.74. The van der Waals surface area contributed by atoms with Crippen LogP contribution in [0.15, 0.2) is 51.0 Å². The number of nitrogens with two attached hydrogens (primary N) is 2. The fourth-order valence-electron chi connectivity index (χ4n) is 2.73. The predicted octanol–water partition coefficient (Wildman–Crippen LogP) is 3.20. The summed E-state index contributed by atoms with van der Waals surface area (Å²) in [4.78, 5) is 8.74. The van der Waals surface area contributed by atoms with Crippen LogP contribution in [0.1, 0.15) is 5.56 Å². The quantitative estimate of drug-likeness (QED) is 0.698. The zero-order valence-corrected chi connectivity index (χ0v) is 14.4. The van der Waals surface area contributed by atoms with E-state index in [1.54, 1.807) is 23.1 Å². The summed E-state index contributed by atoms with van der Waals surface area (Å²) in [5.41, 5.74) is 14.6. The van der Waals surface area contributed by atoms with E-state index >= 15 is 0 Å². The van der Waals surface area contributed by atoms with Crippen LogP contribution >= 0.6 is 23.1 Å². The molecule has 1 aliphatic rings. The molecule has 3 aromatic rings. The number of fused-ring (bicyclic) bond motifs is 1. The summed E-state index contributed by atoms with van der Waals surface area (Å²) in [6, 6.07) is 12.1. The minimum atomic E-state index is 0.0281. The van der Waals surface area contributed by atoms with Gasteiger partial charge in [-0.25, -0.2) is 9.97 Å². The minimum absolute atomic E-state index is 0.0281. The van der Waals surface area contributed by atoms with Gasteiger partial charge < -0.3 is 16.2 Å². The SMILES string of the molecule is NCC1Cc2cccc(-c3cc(Sc4cccs4)nc(N)n3)c2O1. The van der Waals surface area contributed by atoms with E-state index in [-0.39, 0.29) is 12.1 Å². The molecule has 0 aliphatic carbocycles. The lowest BCUT2D eigenvalue weighted by Gasteiger charge is -2.11. The molecule has 1 aromatic carbocycles. The molecule has 0 saturated heterocycles. The van der Waals surface area contributed by atoms with Gasteiger partial charge in [0.15, 0.2) is 0 Å². The van der Waals surface area contributed by atoms with E-state index in [2.05, 4.69) is 22.1 Å². The molecule has 4 N–H and O–H groups in total. The molecule has 3 heterocycles. The van der Waals surface area contributed by atoms with Gasteiger partial charge in [0.05, 0.1) is 9.90 Å². The number of anilines is 1. The molecule has 24 heavy (non-hydrogen) atoms. The number of rotatable bonds is 4. The Balaban J connectivity index is 1.73. The summed E-state index contributed by atoms with van der Waals surface area (Å²) in [7, 11) is 0. The van der Waals surface area contributed by atoms with Crippen LogP contribution in [0.5, 0.6) is 5.75 Å². The average molecular weight is 356 g/mol. The second-order valence-corrected chi connectivity index (χ2v) is 7.73. The number of ether oxygens (including phenoxy) is 1. The second kappa shape index (κ2) is 6.43. The Kier molecular flexibility index (Phi) is 4.13. The van der Waals surface area contributed by atoms with Crippen LogP contribution < -0.4 is 16.2 Å². The van der Waals surface area contributed by atoms with Crippen molar-refractivity contribution in [3.63, 3.8) is 0 Å². The highest BCUT2D eigenvalue weighted by atomic mass is 32.2. The van der Waals surface area contributed by atoms with Crippen molar-refractivity contribution >= 4 is 29.0 Å². The van der Waals surface area contributed by atoms with E-state index in [1.807, 2.05) is 29.6 Å². The Morgan fingerprint density at radius 3 is 2.96 bits per heavy atom. The highest BCUT2D eigenvalue weighted by molar-refractivity contribution is 8.01. The Hall–Kier alpha value is -2.09. The molecule has 1 atom stereocenters. The summed E-state index contributed by atoms with van der Waals surface area (Å²) < 4.78 is 7.16. The van der Waals surface area contributed by atoms with Gasteiger partial charge in [0.25, 0.3) is 0 Å². The monoisotopic (exact) mass is 356 g/mol. The number of nitrogen functional groups attached to an aromatic ring is 1. The van der Waals surface area contributed by atoms with Crippen molar-refractivity contribution < 1.29 is 4.74 Å². The van der Waals surface area contributed by atoms with Crippen LogP contribution in [0.25, 0.3) is 11.3 Å². The Morgan fingerprint density at radius 2 is 2.17 bits per heavy atom. The molecule has 1 aliphatic heterocycles. The lowest BCUT2D eigenvalue weighted by atomic mass is 10.0. The van der Waals surface area contributed by atoms with E-state index in [1.165, 1.54) is 0 Å². The number of nitrogens with zero attached hydrogens (tertiary/aromatic N) is 2. The van der Waals surface area contributed by atoms with Crippen LogP contribution in [0.2, 0.25) is 0 Å². The maximum atomic E-state index is 6.00. The number of aromatic nitrogens is 2. The van der Waals surface area contributed by atoms with Gasteiger partial charge in [0.1, 0.15) is 16.9 Å². The largest absolute Gasteiger partial charge is 0.488 e. The van der Waals surface area contributed by atoms with Crippen molar-refractivity contribution in [3.05, 3.63) is 47.3 Å². The Morgan fingerprint density at radius 1 is 1.25 bits per heavy atom. The molecule has 122 valence electrons. The van der Waals surface area contributed by atoms with Crippen molar-refractivity contribution in [1.29, 1.82) is 0 Å². The first-order chi connectivity index (χ1) is 11.7. The maximum Gasteiger partial charge on any atom is 0.221 e. The van der Waals surface area contributed by atoms with Gasteiger partial charge in [-0.05, 0) is 29.1 Å². The normalized spacial score (nSPS) is 16.0. The number of thiophene rings is 1. The standard InChI is InChI=1S/C17H16N4OS2/c18-9-11-7-10-3-1-4-12(16(10)22-11)13-8-14(21-17(19)20-13)24-15-5-2-6-23-15/h1-6,8,11H,7,9,18H2,(H2,19,20,21). The van der Waals surface area contributed by atoms with Crippen molar-refractivity contribution in [3.8, 4) is 17.0 Å². The summed E-state index contributed by atoms with van der Waals surface area (Å²) in [5.74, 6) is 1.12. The van der Waals surface area contributed by atoms with E-state index in [0.717, 1.165) is 38.2 Å². The van der Waals surface area contributed by atoms with Gasteiger partial charge in [-0.3, -0.25) is 0 Å². The third-order valence-electron chi connectivity index (χ3n) is 3.79. The smallest absolute Gasteiger partial charge is 0.221 e. The highest BCUT2D eigenvalue weighted by Gasteiger charge is 2.25. The Bertz CT molecular complexity index is 867. The van der Waals surface area contributed by atoms with Crippen LogP contribution in [-0.2, 0) is 6.42 Å². The zero-order chi connectivity index (χ0) is 16.5. The summed E-state index contributed by atoms with van der Waals surface area (Å²) in [6.07, 6.45) is 0.858. The predicted molar refractivity (Wildman–Crippen MR) is 97.5 cm³/mol. The summed E-state index contributed by atoms with van der Waals surface area (Å²) in [5, 5.41) is 2.87. The summed E-state index contributed by atoms with van der Waals surface area (Å²) in [6.45, 7) is 0.500. The molecule has 7 heteroatoms. The first-order valence-electron chi connectivity index (χ1n) is 7.58. The van der Waals surface area contributed by atoms with E-state index < -0.39 is 0 Å². The molecular weight excluding hydrogens is 340 g/mol. The van der Waals surface area contributed by atoms with Gasteiger partial charge in [-0.1, -0.05) is 30.0 Å². The number of hydrogen-bond donors (Lipinski definition) is 2. The van der Waals surface area contributed by atoms with Crippen molar-refractivity contribution in [2.24, 2.45) is 5.73 Å². The molecule has 4 rings (SSSR count). The third kappa shape index (κ3) is 2.98. The maximum absolute atomic E-state index is 6.00. The van der Waals surface area contributed by atoms with Crippen molar-refractivity contribution in [2.75, 3.05) is 12.3 Å². The topological polar surface area (TPSA) is 87.0 Å². The minimum Gasteiger partial charge on any atom is -0.488 e. The first-order valence-corrected chi connectivity index (χ1v) is 9.27. The van der Waals surface area contributed by atoms with Crippen LogP contribution in [0.3, 0.4) is 0 Å². The zero-order valence-electron chi connectivity index (χ0n) is 12.8. The highest BCUT2D eigenvalue weighted by Crippen LogP contribution is 2.39. The second-order valence-electron chi connectivity index (χ2n) is 5.46. The van der Waals surface area contributed by atoms with Crippen molar-refractivity contribution in [2.45, 2.75) is 21.8 Å². The molecule has 0 spiro atoms. The fourth-order valence-corrected chi connectivity index (χ4v) is 4.46. The lowest BCUT2D eigenvalue weighted by Crippen LogP contribution is -2.24. The lowest BCUT2D eigenvalue weighted by molar-refractivity contribution is 0.242. The molecule has 0 bridgehead atoms. The van der Waals surface area contributed by atoms with Crippen LogP contribution in [0, 0.1) is 0 Å². The molecule has 2 aromatic heterocycles. The van der Waals surface area contributed by atoms with Gasteiger partial charge >= 0.3 is 0 Å². The van der Waals surface area contributed by atoms with Gasteiger partial charge in [-0.15, -0.1) is 11.3 Å². The van der Waals surface area contributed by atoms with E-state index in [4.69, 9.17) is 16.2 Å². The first kappa shape index (κ1) is 15.4. The molecule has 0 fully saturated rings. The van der Waals surface area contributed by atoms with Gasteiger partial charge in [-0.2, -0.15) is 0 Å². The molecule has 5 nitrogen and oxygen atoms in total. The van der Waals surface area contributed by atoms with Crippen molar-refractivity contribution in [1.82, 2.24) is 9.97 Å². The van der Waals surface area contributed by atoms with Gasteiger partial charge in [0, 0.05) is 18.5 Å². The average Bonchev–Trinajstić information content (AvgIpc) is 3.22. The molecule has 0 radical (unpaired) electrons. The summed E-state index contributed by atoms with van der Waals surface area (Å²) >= 11 is 3.25. The number of benzene rings is 1. The molecule has 1 unspecified atom stereocenters. The van der Waals surface area contributed by atoms with Crippen LogP contribution in [-0.4, -0.2) is 22.6 Å². The van der Waals surface area contributed by atoms with Crippen LogP contribution in [0.4, 0.5) is 5.95 Å². The number of para-hydroxylation sites is 1. The molecule has 0 saturated carbocycles. The van der Waals surface area contributed by atoms with E-state index in [0.29, 0.717) is 6.54 Å². The van der Waals surface area contributed by atoms with Gasteiger partial charge in [0.2, 0.25) is 5.95 Å². The Labute approximate surface area is 148 Å². The number of hydrogen-bond acceptors (Lipinski definition) is 7.